The lowest BCUT2D eigenvalue weighted by Crippen LogP contribution is -2.34. The predicted molar refractivity (Wildman–Crippen MR) is 87.1 cm³/mol. The molecule has 2 aromatic heterocycles. The van der Waals surface area contributed by atoms with E-state index in [0.29, 0.717) is 24.2 Å². The highest BCUT2D eigenvalue weighted by Gasteiger charge is 2.25. The van der Waals surface area contributed by atoms with Gasteiger partial charge in [-0.25, -0.2) is 0 Å². The van der Waals surface area contributed by atoms with E-state index in [9.17, 15) is 14.9 Å². The number of carbonyl (C=O) groups excluding carboxylic acids is 1. The molecule has 0 radical (unpaired) electrons. The number of carbonyl (C=O) groups is 1. The van der Waals surface area contributed by atoms with E-state index in [2.05, 4.69) is 10.1 Å². The van der Waals surface area contributed by atoms with Gasteiger partial charge in [-0.15, -0.1) is 0 Å². The number of aromatic nitrogens is 3. The third-order valence-electron chi connectivity index (χ3n) is 4.32. The topological polar surface area (TPSA) is 94.2 Å². The maximum atomic E-state index is 12.3. The van der Waals surface area contributed by atoms with E-state index in [0.717, 1.165) is 19.4 Å². The van der Waals surface area contributed by atoms with Crippen LogP contribution < -0.4 is 0 Å². The second kappa shape index (κ2) is 6.77. The minimum atomic E-state index is -0.455. The van der Waals surface area contributed by atoms with Gasteiger partial charge in [0.2, 0.25) is 5.91 Å². The Bertz CT molecular complexity index is 743. The van der Waals surface area contributed by atoms with E-state index in [1.54, 1.807) is 24.5 Å². The van der Waals surface area contributed by atoms with Crippen molar-refractivity contribution in [2.45, 2.75) is 38.8 Å². The maximum absolute atomic E-state index is 12.3. The molecular weight excluding hydrogens is 310 g/mol. The zero-order valence-electron chi connectivity index (χ0n) is 13.5. The van der Waals surface area contributed by atoms with Crippen molar-refractivity contribution in [3.05, 3.63) is 40.8 Å². The maximum Gasteiger partial charge on any atom is 0.314 e. The molecular formula is C16H19N5O3. The third kappa shape index (κ3) is 3.27. The number of pyridine rings is 1. The Labute approximate surface area is 139 Å². The van der Waals surface area contributed by atoms with Crippen LogP contribution in [-0.4, -0.2) is 43.1 Å². The third-order valence-corrected chi connectivity index (χ3v) is 4.32. The molecule has 3 rings (SSSR count). The van der Waals surface area contributed by atoms with Gasteiger partial charge in [-0.1, -0.05) is 0 Å². The standard InChI is InChI=1S/C16H19N5O3/c1-12-3-2-9-20(12)15(22)6-10-19-11-14(21(23)24)16(18-19)13-4-7-17-8-5-13/h4-5,7-8,11-12H,2-3,6,9-10H2,1H3/t12-/m0/s1. The van der Waals surface area contributed by atoms with E-state index in [4.69, 9.17) is 0 Å². The fourth-order valence-electron chi connectivity index (χ4n) is 3.03. The molecule has 1 saturated heterocycles. The smallest absolute Gasteiger partial charge is 0.314 e. The normalized spacial score (nSPS) is 17.2. The minimum Gasteiger partial charge on any atom is -0.340 e. The van der Waals surface area contributed by atoms with Crippen LogP contribution in [-0.2, 0) is 11.3 Å². The largest absolute Gasteiger partial charge is 0.340 e. The van der Waals surface area contributed by atoms with Crippen LogP contribution in [0.2, 0.25) is 0 Å². The van der Waals surface area contributed by atoms with Gasteiger partial charge in [-0.2, -0.15) is 5.10 Å². The molecule has 1 aliphatic heterocycles. The quantitative estimate of drug-likeness (QED) is 0.619. The fourth-order valence-corrected chi connectivity index (χ4v) is 3.03. The number of nitro groups is 1. The van der Waals surface area contributed by atoms with Gasteiger partial charge in [0, 0.05) is 43.5 Å². The van der Waals surface area contributed by atoms with Crippen molar-refractivity contribution in [2.75, 3.05) is 6.54 Å². The summed E-state index contributed by atoms with van der Waals surface area (Å²) >= 11 is 0. The predicted octanol–water partition coefficient (Wildman–Crippen LogP) is 2.25. The van der Waals surface area contributed by atoms with Gasteiger partial charge in [0.1, 0.15) is 6.20 Å². The number of aryl methyl sites for hydroxylation is 1. The Kier molecular flexibility index (Phi) is 4.54. The summed E-state index contributed by atoms with van der Waals surface area (Å²) in [4.78, 5) is 28.9. The molecule has 8 heteroatoms. The summed E-state index contributed by atoms with van der Waals surface area (Å²) in [5.74, 6) is 0.0728. The SMILES string of the molecule is C[C@H]1CCCN1C(=O)CCn1cc([N+](=O)[O-])c(-c2ccncc2)n1. The molecule has 2 aromatic rings. The first kappa shape index (κ1) is 16.1. The molecule has 0 bridgehead atoms. The van der Waals surface area contributed by atoms with Crippen LogP contribution in [0.15, 0.2) is 30.7 Å². The zero-order chi connectivity index (χ0) is 17.1. The Morgan fingerprint density at radius 1 is 1.42 bits per heavy atom. The summed E-state index contributed by atoms with van der Waals surface area (Å²) in [5.41, 5.74) is 0.863. The lowest BCUT2D eigenvalue weighted by Gasteiger charge is -2.21. The van der Waals surface area contributed by atoms with Crippen LogP contribution >= 0.6 is 0 Å². The van der Waals surface area contributed by atoms with Crippen molar-refractivity contribution in [1.82, 2.24) is 19.7 Å². The molecule has 0 saturated carbocycles. The lowest BCUT2D eigenvalue weighted by atomic mass is 10.2. The zero-order valence-corrected chi connectivity index (χ0v) is 13.5. The second-order valence-corrected chi connectivity index (χ2v) is 5.95. The number of nitrogens with zero attached hydrogens (tertiary/aromatic N) is 5. The van der Waals surface area contributed by atoms with Crippen LogP contribution in [0.4, 0.5) is 5.69 Å². The summed E-state index contributed by atoms with van der Waals surface area (Å²) in [6, 6.07) is 3.63. The Morgan fingerprint density at radius 3 is 2.79 bits per heavy atom. The van der Waals surface area contributed by atoms with Crippen LogP contribution in [0.5, 0.6) is 0 Å². The molecule has 0 N–H and O–H groups in total. The van der Waals surface area contributed by atoms with Crippen molar-refractivity contribution >= 4 is 11.6 Å². The molecule has 0 aliphatic carbocycles. The molecule has 0 unspecified atom stereocenters. The number of likely N-dealkylation sites (tertiary alicyclic amines) is 1. The fraction of sp³-hybridized carbons (Fsp3) is 0.438. The first-order valence-electron chi connectivity index (χ1n) is 7.98. The van der Waals surface area contributed by atoms with Crippen LogP contribution in [0, 0.1) is 10.1 Å². The first-order chi connectivity index (χ1) is 11.6. The molecule has 8 nitrogen and oxygen atoms in total. The summed E-state index contributed by atoms with van der Waals surface area (Å²) in [5, 5.41) is 15.6. The van der Waals surface area contributed by atoms with Gasteiger partial charge in [0.05, 0.1) is 4.92 Å². The van der Waals surface area contributed by atoms with E-state index >= 15 is 0 Å². The van der Waals surface area contributed by atoms with Crippen LogP contribution in [0.1, 0.15) is 26.2 Å². The van der Waals surface area contributed by atoms with E-state index in [1.807, 2.05) is 11.8 Å². The van der Waals surface area contributed by atoms with Gasteiger partial charge >= 0.3 is 5.69 Å². The van der Waals surface area contributed by atoms with Gasteiger partial charge in [0.25, 0.3) is 0 Å². The Morgan fingerprint density at radius 2 is 2.17 bits per heavy atom. The van der Waals surface area contributed by atoms with Gasteiger partial charge in [-0.05, 0) is 31.9 Å². The number of hydrogen-bond donors (Lipinski definition) is 0. The first-order valence-corrected chi connectivity index (χ1v) is 7.98. The van der Waals surface area contributed by atoms with Crippen molar-refractivity contribution in [1.29, 1.82) is 0 Å². The number of amides is 1. The monoisotopic (exact) mass is 329 g/mol. The molecule has 3 heterocycles. The second-order valence-electron chi connectivity index (χ2n) is 5.95. The molecule has 1 fully saturated rings. The minimum absolute atomic E-state index is 0.0665. The molecule has 1 atom stereocenters. The number of hydrogen-bond acceptors (Lipinski definition) is 5. The lowest BCUT2D eigenvalue weighted by molar-refractivity contribution is -0.384. The summed E-state index contributed by atoms with van der Waals surface area (Å²) in [6.07, 6.45) is 6.87. The van der Waals surface area contributed by atoms with Gasteiger partial charge in [0.15, 0.2) is 5.69 Å². The van der Waals surface area contributed by atoms with Crippen LogP contribution in [0.3, 0.4) is 0 Å². The van der Waals surface area contributed by atoms with Crippen molar-refractivity contribution in [3.63, 3.8) is 0 Å². The van der Waals surface area contributed by atoms with Gasteiger partial charge in [-0.3, -0.25) is 24.6 Å². The average molecular weight is 329 g/mol. The molecule has 1 aliphatic rings. The van der Waals surface area contributed by atoms with Crippen LogP contribution in [0.25, 0.3) is 11.3 Å². The Hall–Kier alpha value is -2.77. The van der Waals surface area contributed by atoms with Gasteiger partial charge < -0.3 is 4.90 Å². The highest BCUT2D eigenvalue weighted by Crippen LogP contribution is 2.27. The summed E-state index contributed by atoms with van der Waals surface area (Å²) in [7, 11) is 0. The Balaban J connectivity index is 1.75. The van der Waals surface area contributed by atoms with E-state index in [-0.39, 0.29) is 17.6 Å². The van der Waals surface area contributed by atoms with E-state index < -0.39 is 4.92 Å². The van der Waals surface area contributed by atoms with Crippen molar-refractivity contribution in [2.24, 2.45) is 0 Å². The van der Waals surface area contributed by atoms with E-state index in [1.165, 1.54) is 10.9 Å². The van der Waals surface area contributed by atoms with Crippen molar-refractivity contribution in [3.8, 4) is 11.3 Å². The number of rotatable bonds is 5. The molecule has 0 spiro atoms. The molecule has 126 valence electrons. The molecule has 0 aromatic carbocycles. The summed E-state index contributed by atoms with van der Waals surface area (Å²) < 4.78 is 1.48. The van der Waals surface area contributed by atoms with Crippen molar-refractivity contribution < 1.29 is 9.72 Å². The molecule has 1 amide bonds. The summed E-state index contributed by atoms with van der Waals surface area (Å²) in [6.45, 7) is 3.17. The highest BCUT2D eigenvalue weighted by atomic mass is 16.6. The average Bonchev–Trinajstić information content (AvgIpc) is 3.20. The highest BCUT2D eigenvalue weighted by molar-refractivity contribution is 5.76. The molecule has 24 heavy (non-hydrogen) atoms.